The fourth-order valence-electron chi connectivity index (χ4n) is 2.26. The monoisotopic (exact) mass is 364 g/mol. The normalized spacial score (nSPS) is 11.8. The number of hydrogen-bond acceptors (Lipinski definition) is 5. The third kappa shape index (κ3) is 10.7. The molecule has 1 aromatic rings. The summed E-state index contributed by atoms with van der Waals surface area (Å²) in [6.07, 6.45) is 3.03. The van der Waals surface area contributed by atoms with Crippen molar-refractivity contribution in [3.8, 4) is 5.75 Å². The van der Waals surface area contributed by atoms with Crippen LogP contribution in [0.2, 0.25) is 0 Å². The van der Waals surface area contributed by atoms with Gasteiger partial charge in [-0.2, -0.15) is 0 Å². The Morgan fingerprint density at radius 3 is 1.88 bits per heavy atom. The molecule has 0 saturated heterocycles. The molecule has 0 aliphatic carbocycles. The first-order valence-corrected chi connectivity index (χ1v) is 9.10. The number of carbonyl (C=O) groups excluding carboxylic acids is 2. The molecule has 0 N–H and O–H groups in total. The van der Waals surface area contributed by atoms with Crippen LogP contribution in [0.3, 0.4) is 0 Å². The number of rotatable bonds is 8. The Bertz CT molecular complexity index is 576. The van der Waals surface area contributed by atoms with Crippen LogP contribution in [-0.2, 0) is 25.5 Å². The van der Waals surface area contributed by atoms with Crippen LogP contribution in [-0.4, -0.2) is 29.7 Å². The fraction of sp³-hybridized carbons (Fsp3) is 0.619. The molecular weight excluding hydrogens is 332 g/mol. The van der Waals surface area contributed by atoms with Gasteiger partial charge in [0.15, 0.2) is 6.61 Å². The fourth-order valence-corrected chi connectivity index (χ4v) is 2.26. The zero-order valence-electron chi connectivity index (χ0n) is 16.9. The molecule has 146 valence electrons. The standard InChI is InChI=1S/C21H32O5/c1-20(2,3)25-18(22)10-8-7-9-16-11-13-17(14-12-16)24-15-19(23)26-21(4,5)6/h11-14H,7-10,15H2,1-6H3. The maximum absolute atomic E-state index is 11.7. The van der Waals surface area contributed by atoms with E-state index >= 15 is 0 Å². The summed E-state index contributed by atoms with van der Waals surface area (Å²) < 4.78 is 15.9. The first kappa shape index (κ1) is 22.0. The summed E-state index contributed by atoms with van der Waals surface area (Å²) in [4.78, 5) is 23.3. The van der Waals surface area contributed by atoms with E-state index in [1.807, 2.05) is 65.8 Å². The van der Waals surface area contributed by atoms with E-state index in [1.54, 1.807) is 0 Å². The zero-order valence-corrected chi connectivity index (χ0v) is 16.9. The highest BCUT2D eigenvalue weighted by atomic mass is 16.6. The SMILES string of the molecule is CC(C)(C)OC(=O)CCCCc1ccc(OCC(=O)OC(C)(C)C)cc1. The molecule has 1 rings (SSSR count). The van der Waals surface area contributed by atoms with Gasteiger partial charge in [-0.25, -0.2) is 4.79 Å². The van der Waals surface area contributed by atoms with Gasteiger partial charge in [0.1, 0.15) is 17.0 Å². The third-order valence-corrected chi connectivity index (χ3v) is 3.22. The van der Waals surface area contributed by atoms with Gasteiger partial charge in [0.2, 0.25) is 0 Å². The maximum atomic E-state index is 11.7. The van der Waals surface area contributed by atoms with Crippen LogP contribution < -0.4 is 4.74 Å². The third-order valence-electron chi connectivity index (χ3n) is 3.22. The molecule has 5 heteroatoms. The van der Waals surface area contributed by atoms with E-state index in [1.165, 1.54) is 5.56 Å². The van der Waals surface area contributed by atoms with Gasteiger partial charge in [-0.05, 0) is 78.5 Å². The molecule has 0 radical (unpaired) electrons. The number of unbranched alkanes of at least 4 members (excludes halogenated alkanes) is 1. The first-order valence-electron chi connectivity index (χ1n) is 9.10. The quantitative estimate of drug-likeness (QED) is 0.503. The second-order valence-corrected chi connectivity index (χ2v) is 8.31. The average Bonchev–Trinajstić information content (AvgIpc) is 2.47. The highest BCUT2D eigenvalue weighted by Gasteiger charge is 2.17. The van der Waals surface area contributed by atoms with Crippen molar-refractivity contribution in [3.05, 3.63) is 29.8 Å². The summed E-state index contributed by atoms with van der Waals surface area (Å²) in [5.41, 5.74) is 0.231. The Morgan fingerprint density at radius 1 is 0.808 bits per heavy atom. The van der Waals surface area contributed by atoms with Crippen LogP contribution in [0, 0.1) is 0 Å². The van der Waals surface area contributed by atoms with Crippen LogP contribution in [0.4, 0.5) is 0 Å². The van der Waals surface area contributed by atoms with E-state index in [2.05, 4.69) is 0 Å². The van der Waals surface area contributed by atoms with E-state index < -0.39 is 11.2 Å². The molecule has 1 aromatic carbocycles. The lowest BCUT2D eigenvalue weighted by Crippen LogP contribution is -2.27. The smallest absolute Gasteiger partial charge is 0.344 e. The second kappa shape index (κ2) is 9.60. The van der Waals surface area contributed by atoms with E-state index in [0.29, 0.717) is 12.2 Å². The van der Waals surface area contributed by atoms with Crippen molar-refractivity contribution in [2.75, 3.05) is 6.61 Å². The van der Waals surface area contributed by atoms with Crippen molar-refractivity contribution in [3.63, 3.8) is 0 Å². The lowest BCUT2D eigenvalue weighted by molar-refractivity contribution is -0.157. The van der Waals surface area contributed by atoms with Gasteiger partial charge in [-0.3, -0.25) is 4.79 Å². The number of carbonyl (C=O) groups is 2. The Labute approximate surface area is 157 Å². The van der Waals surface area contributed by atoms with Gasteiger partial charge < -0.3 is 14.2 Å². The highest BCUT2D eigenvalue weighted by molar-refractivity contribution is 5.71. The van der Waals surface area contributed by atoms with Crippen LogP contribution in [0.25, 0.3) is 0 Å². The van der Waals surface area contributed by atoms with Crippen LogP contribution in [0.5, 0.6) is 5.75 Å². The van der Waals surface area contributed by atoms with E-state index in [9.17, 15) is 9.59 Å². The van der Waals surface area contributed by atoms with Crippen molar-refractivity contribution >= 4 is 11.9 Å². The number of ether oxygens (including phenoxy) is 3. The van der Waals surface area contributed by atoms with Gasteiger partial charge in [0.05, 0.1) is 0 Å². The number of benzene rings is 1. The molecule has 0 aliphatic rings. The molecule has 0 amide bonds. The highest BCUT2D eigenvalue weighted by Crippen LogP contribution is 2.16. The summed E-state index contributed by atoms with van der Waals surface area (Å²) in [6.45, 7) is 11.0. The maximum Gasteiger partial charge on any atom is 0.344 e. The van der Waals surface area contributed by atoms with Crippen molar-refractivity contribution in [1.29, 1.82) is 0 Å². The minimum absolute atomic E-state index is 0.105. The molecule has 0 saturated carbocycles. The molecule has 0 heterocycles. The van der Waals surface area contributed by atoms with Crippen molar-refractivity contribution in [1.82, 2.24) is 0 Å². The van der Waals surface area contributed by atoms with E-state index in [0.717, 1.165) is 19.3 Å². The van der Waals surface area contributed by atoms with Gasteiger partial charge in [-0.15, -0.1) is 0 Å². The molecule has 5 nitrogen and oxygen atoms in total. The molecule has 0 spiro atoms. The Morgan fingerprint density at radius 2 is 1.35 bits per heavy atom. The summed E-state index contributed by atoms with van der Waals surface area (Å²) in [6, 6.07) is 7.62. The Hall–Kier alpha value is -2.04. The lowest BCUT2D eigenvalue weighted by Gasteiger charge is -2.19. The molecule has 0 aliphatic heterocycles. The second-order valence-electron chi connectivity index (χ2n) is 8.31. The Balaban J connectivity index is 2.28. The molecule has 26 heavy (non-hydrogen) atoms. The van der Waals surface area contributed by atoms with Crippen molar-refractivity contribution in [2.24, 2.45) is 0 Å². The number of esters is 2. The average molecular weight is 364 g/mol. The first-order chi connectivity index (χ1) is 11.9. The number of aryl methyl sites for hydroxylation is 1. The minimum Gasteiger partial charge on any atom is -0.482 e. The predicted molar refractivity (Wildman–Crippen MR) is 101 cm³/mol. The van der Waals surface area contributed by atoms with E-state index in [4.69, 9.17) is 14.2 Å². The molecule has 0 bridgehead atoms. The number of hydrogen-bond donors (Lipinski definition) is 0. The Kier molecular flexibility index (Phi) is 8.12. The van der Waals surface area contributed by atoms with Crippen molar-refractivity contribution in [2.45, 2.75) is 78.4 Å². The van der Waals surface area contributed by atoms with Gasteiger partial charge >= 0.3 is 11.9 Å². The zero-order chi connectivity index (χ0) is 19.8. The molecule has 0 unspecified atom stereocenters. The van der Waals surface area contributed by atoms with Crippen LogP contribution in [0.1, 0.15) is 66.4 Å². The van der Waals surface area contributed by atoms with Gasteiger partial charge in [0.25, 0.3) is 0 Å². The van der Waals surface area contributed by atoms with Crippen molar-refractivity contribution < 1.29 is 23.8 Å². The van der Waals surface area contributed by atoms with Gasteiger partial charge in [-0.1, -0.05) is 12.1 Å². The largest absolute Gasteiger partial charge is 0.482 e. The predicted octanol–water partition coefficient (Wildman–Crippen LogP) is 4.46. The molecule has 0 aromatic heterocycles. The van der Waals surface area contributed by atoms with Crippen LogP contribution in [0.15, 0.2) is 24.3 Å². The molecular formula is C21H32O5. The van der Waals surface area contributed by atoms with Gasteiger partial charge in [0, 0.05) is 6.42 Å². The summed E-state index contributed by atoms with van der Waals surface area (Å²) in [5.74, 6) is 0.0977. The molecule has 0 fully saturated rings. The lowest BCUT2D eigenvalue weighted by atomic mass is 10.1. The van der Waals surface area contributed by atoms with E-state index in [-0.39, 0.29) is 18.5 Å². The summed E-state index contributed by atoms with van der Waals surface area (Å²) >= 11 is 0. The summed E-state index contributed by atoms with van der Waals surface area (Å²) in [5, 5.41) is 0. The minimum atomic E-state index is -0.510. The molecule has 0 atom stereocenters. The summed E-state index contributed by atoms with van der Waals surface area (Å²) in [7, 11) is 0. The topological polar surface area (TPSA) is 61.8 Å². The van der Waals surface area contributed by atoms with Crippen LogP contribution >= 0.6 is 0 Å².